The number of amides is 2. The Bertz CT molecular complexity index is 1110. The van der Waals surface area contributed by atoms with E-state index in [4.69, 9.17) is 23.2 Å². The average Bonchev–Trinajstić information content (AvgIpc) is 2.83. The Kier molecular flexibility index (Phi) is 10.8. The van der Waals surface area contributed by atoms with Gasteiger partial charge in [0.05, 0.1) is 15.7 Å². The number of rotatable bonds is 12. The normalized spacial score (nSPS) is 12.3. The maximum Gasteiger partial charge on any atom is 0.304 e. The van der Waals surface area contributed by atoms with Gasteiger partial charge in [-0.05, 0) is 43.2 Å². The van der Waals surface area contributed by atoms with E-state index in [2.05, 4.69) is 5.32 Å². The topological polar surface area (TPSA) is 90.0 Å². The third-order valence-corrected chi connectivity index (χ3v) is 7.96. The third-order valence-electron chi connectivity index (χ3n) is 5.40. The third kappa shape index (κ3) is 7.83. The molecule has 2 rings (SSSR count). The molecule has 0 spiro atoms. The number of hydrogen-bond acceptors (Lipinski definition) is 4. The van der Waals surface area contributed by atoms with E-state index >= 15 is 0 Å². The Morgan fingerprint density at radius 2 is 1.69 bits per heavy atom. The molecule has 0 fully saturated rings. The largest absolute Gasteiger partial charge is 0.354 e. The lowest BCUT2D eigenvalue weighted by Crippen LogP contribution is -2.52. The summed E-state index contributed by atoms with van der Waals surface area (Å²) in [5.41, 5.74) is 0.992. The molecule has 0 saturated carbocycles. The number of anilines is 1. The van der Waals surface area contributed by atoms with E-state index in [1.54, 1.807) is 55.5 Å². The predicted molar refractivity (Wildman–Crippen MR) is 141 cm³/mol. The highest BCUT2D eigenvalue weighted by atomic mass is 35.5. The number of carbonyl (C=O) groups is 2. The Morgan fingerprint density at radius 1 is 1.03 bits per heavy atom. The van der Waals surface area contributed by atoms with E-state index < -0.39 is 28.7 Å². The standard InChI is InChI=1S/C24H32Cl2N4O4S/c1-5-6-14-27-24(32)18(2)29(16-19-12-13-21(25)22(26)15-19)23(31)17-30(35(33,34)28(3)4)20-10-8-7-9-11-20/h7-13,15,18H,5-6,14,16-17H2,1-4H3,(H,27,32)/t18-/m0/s1. The van der Waals surface area contributed by atoms with Crippen molar-refractivity contribution in [1.82, 2.24) is 14.5 Å². The second-order valence-electron chi connectivity index (χ2n) is 8.22. The highest BCUT2D eigenvalue weighted by Gasteiger charge is 2.32. The smallest absolute Gasteiger partial charge is 0.304 e. The molecule has 0 aliphatic rings. The van der Waals surface area contributed by atoms with Crippen LogP contribution in [0.15, 0.2) is 48.5 Å². The Labute approximate surface area is 218 Å². The predicted octanol–water partition coefficient (Wildman–Crippen LogP) is 3.94. The summed E-state index contributed by atoms with van der Waals surface area (Å²) in [5, 5.41) is 3.52. The molecule has 8 nitrogen and oxygen atoms in total. The van der Waals surface area contributed by atoms with Crippen molar-refractivity contribution < 1.29 is 18.0 Å². The van der Waals surface area contributed by atoms with Gasteiger partial charge in [-0.15, -0.1) is 0 Å². The monoisotopic (exact) mass is 542 g/mol. The van der Waals surface area contributed by atoms with Gasteiger partial charge in [-0.1, -0.05) is 60.8 Å². The van der Waals surface area contributed by atoms with Crippen LogP contribution in [0.2, 0.25) is 10.0 Å². The van der Waals surface area contributed by atoms with Crippen molar-refractivity contribution >= 4 is 50.9 Å². The fraction of sp³-hybridized carbons (Fsp3) is 0.417. The molecule has 0 aliphatic heterocycles. The minimum atomic E-state index is -3.99. The Hall–Kier alpha value is -2.33. The maximum atomic E-state index is 13.6. The van der Waals surface area contributed by atoms with Crippen molar-refractivity contribution in [2.75, 3.05) is 31.5 Å². The second-order valence-corrected chi connectivity index (χ2v) is 11.1. The minimum Gasteiger partial charge on any atom is -0.354 e. The van der Waals surface area contributed by atoms with Crippen molar-refractivity contribution in [3.8, 4) is 0 Å². The molecule has 192 valence electrons. The lowest BCUT2D eigenvalue weighted by molar-refractivity contribution is -0.139. The van der Waals surface area contributed by atoms with Crippen molar-refractivity contribution in [3.05, 3.63) is 64.1 Å². The molecule has 1 N–H and O–H groups in total. The van der Waals surface area contributed by atoms with Crippen LogP contribution in [0.5, 0.6) is 0 Å². The van der Waals surface area contributed by atoms with Crippen LogP contribution >= 0.6 is 23.2 Å². The van der Waals surface area contributed by atoms with Crippen molar-refractivity contribution in [2.45, 2.75) is 39.3 Å². The first-order valence-electron chi connectivity index (χ1n) is 11.2. The molecule has 2 aromatic rings. The number of para-hydroxylation sites is 1. The highest BCUT2D eigenvalue weighted by molar-refractivity contribution is 7.90. The van der Waals surface area contributed by atoms with Gasteiger partial charge in [0.1, 0.15) is 12.6 Å². The molecule has 35 heavy (non-hydrogen) atoms. The number of halogens is 2. The summed E-state index contributed by atoms with van der Waals surface area (Å²) in [6.45, 7) is 3.67. The summed E-state index contributed by atoms with van der Waals surface area (Å²) in [6, 6.07) is 12.4. The first-order chi connectivity index (χ1) is 16.5. The van der Waals surface area contributed by atoms with Crippen molar-refractivity contribution in [3.63, 3.8) is 0 Å². The van der Waals surface area contributed by atoms with Gasteiger partial charge in [0.25, 0.3) is 0 Å². The van der Waals surface area contributed by atoms with E-state index in [1.165, 1.54) is 19.0 Å². The number of carbonyl (C=O) groups excluding carboxylic acids is 2. The molecular weight excluding hydrogens is 511 g/mol. The SMILES string of the molecule is CCCCNC(=O)[C@H](C)N(Cc1ccc(Cl)c(Cl)c1)C(=O)CN(c1ccccc1)S(=O)(=O)N(C)C. The summed E-state index contributed by atoms with van der Waals surface area (Å²) in [6.07, 6.45) is 1.72. The summed E-state index contributed by atoms with van der Waals surface area (Å²) < 4.78 is 28.2. The molecule has 0 unspecified atom stereocenters. The summed E-state index contributed by atoms with van der Waals surface area (Å²) in [7, 11) is -1.20. The van der Waals surface area contributed by atoms with Gasteiger partial charge in [-0.2, -0.15) is 12.7 Å². The molecule has 0 heterocycles. The van der Waals surface area contributed by atoms with Crippen LogP contribution in [0.1, 0.15) is 32.3 Å². The summed E-state index contributed by atoms with van der Waals surface area (Å²) in [5.74, 6) is -0.864. The molecule has 2 amide bonds. The van der Waals surface area contributed by atoms with Gasteiger partial charge in [0.15, 0.2) is 0 Å². The lowest BCUT2D eigenvalue weighted by Gasteiger charge is -2.32. The van der Waals surface area contributed by atoms with Crippen LogP contribution in [-0.4, -0.2) is 62.7 Å². The molecule has 11 heteroatoms. The first kappa shape index (κ1) is 28.9. The molecule has 2 aromatic carbocycles. The van der Waals surface area contributed by atoms with E-state index in [-0.39, 0.29) is 12.5 Å². The zero-order chi connectivity index (χ0) is 26.2. The van der Waals surface area contributed by atoms with Crippen LogP contribution in [0.3, 0.4) is 0 Å². The summed E-state index contributed by atoms with van der Waals surface area (Å²) in [4.78, 5) is 27.8. The van der Waals surface area contributed by atoms with Crippen LogP contribution in [0, 0.1) is 0 Å². The van der Waals surface area contributed by atoms with Gasteiger partial charge < -0.3 is 10.2 Å². The van der Waals surface area contributed by atoms with E-state index in [0.717, 1.165) is 21.5 Å². The maximum absolute atomic E-state index is 13.6. The quantitative estimate of drug-likeness (QED) is 0.411. The van der Waals surface area contributed by atoms with E-state index in [9.17, 15) is 18.0 Å². The number of nitrogens with one attached hydrogen (secondary N) is 1. The van der Waals surface area contributed by atoms with Crippen molar-refractivity contribution in [1.29, 1.82) is 0 Å². The van der Waals surface area contributed by atoms with Gasteiger partial charge in [0.2, 0.25) is 11.8 Å². The van der Waals surface area contributed by atoms with Crippen LogP contribution < -0.4 is 9.62 Å². The molecule has 0 bridgehead atoms. The van der Waals surface area contributed by atoms with Crippen molar-refractivity contribution in [2.24, 2.45) is 0 Å². The molecule has 0 saturated heterocycles. The van der Waals surface area contributed by atoms with Crippen LogP contribution in [0.4, 0.5) is 5.69 Å². The minimum absolute atomic E-state index is 0.0444. The zero-order valence-corrected chi connectivity index (χ0v) is 22.7. The zero-order valence-electron chi connectivity index (χ0n) is 20.4. The van der Waals surface area contributed by atoms with Crippen LogP contribution in [0.25, 0.3) is 0 Å². The first-order valence-corrected chi connectivity index (χ1v) is 13.4. The molecule has 0 aliphatic carbocycles. The Morgan fingerprint density at radius 3 is 2.26 bits per heavy atom. The average molecular weight is 544 g/mol. The van der Waals surface area contributed by atoms with E-state index in [0.29, 0.717) is 27.8 Å². The van der Waals surface area contributed by atoms with Gasteiger partial charge in [0, 0.05) is 27.2 Å². The highest BCUT2D eigenvalue weighted by Crippen LogP contribution is 2.24. The number of benzene rings is 2. The number of hydrogen-bond donors (Lipinski definition) is 1. The fourth-order valence-corrected chi connectivity index (χ4v) is 4.64. The summed E-state index contributed by atoms with van der Waals surface area (Å²) >= 11 is 12.2. The van der Waals surface area contributed by atoms with Crippen LogP contribution in [-0.2, 0) is 26.3 Å². The second kappa shape index (κ2) is 13.1. The van der Waals surface area contributed by atoms with Gasteiger partial charge in [-0.25, -0.2) is 4.31 Å². The molecule has 0 aromatic heterocycles. The van der Waals surface area contributed by atoms with Gasteiger partial charge in [-0.3, -0.25) is 9.59 Å². The fourth-order valence-electron chi connectivity index (χ4n) is 3.26. The number of nitrogens with zero attached hydrogens (tertiary/aromatic N) is 3. The molecule has 1 atom stereocenters. The lowest BCUT2D eigenvalue weighted by atomic mass is 10.1. The number of unbranched alkanes of at least 4 members (excludes halogenated alkanes) is 1. The molecular formula is C24H32Cl2N4O4S. The molecule has 0 radical (unpaired) electrons. The van der Waals surface area contributed by atoms with E-state index in [1.807, 2.05) is 6.92 Å². The van der Waals surface area contributed by atoms with Gasteiger partial charge >= 0.3 is 10.2 Å². The Balaban J connectivity index is 2.41.